The number of fused-ring (bicyclic) bond motifs is 1. The second-order valence-electron chi connectivity index (χ2n) is 5.93. The third kappa shape index (κ3) is 5.01. The molecule has 0 aliphatic carbocycles. The van der Waals surface area contributed by atoms with Gasteiger partial charge >= 0.3 is 0 Å². The Morgan fingerprint density at radius 3 is 2.62 bits per heavy atom. The molecule has 1 atom stereocenters. The molecule has 134 valence electrons. The highest BCUT2D eigenvalue weighted by Gasteiger charge is 2.19. The second-order valence-corrected chi connectivity index (χ2v) is 5.93. The van der Waals surface area contributed by atoms with Crippen molar-refractivity contribution in [3.8, 4) is 11.5 Å². The van der Waals surface area contributed by atoms with Crippen molar-refractivity contribution >= 4 is 24.2 Å². The van der Waals surface area contributed by atoms with Gasteiger partial charge in [0.15, 0.2) is 11.5 Å². The van der Waals surface area contributed by atoms with E-state index in [1.165, 1.54) is 0 Å². The summed E-state index contributed by atoms with van der Waals surface area (Å²) in [6, 6.07) is 4.94. The number of carbonyl (C=O) groups is 2. The maximum atomic E-state index is 12.1. The van der Waals surface area contributed by atoms with E-state index < -0.39 is 6.04 Å². The predicted octanol–water partition coefficient (Wildman–Crippen LogP) is 0.895. The number of hydrogen-bond donors (Lipinski definition) is 2. The number of likely N-dealkylation sites (N-methyl/N-ethyl adjacent to an activating group) is 1. The molecular formula is C16H24ClN3O4. The van der Waals surface area contributed by atoms with E-state index in [0.29, 0.717) is 18.0 Å². The van der Waals surface area contributed by atoms with E-state index in [1.54, 1.807) is 11.9 Å². The Hall–Kier alpha value is -1.99. The van der Waals surface area contributed by atoms with Crippen LogP contribution in [0.25, 0.3) is 0 Å². The Labute approximate surface area is 147 Å². The Balaban J connectivity index is 0.00000288. The van der Waals surface area contributed by atoms with Crippen LogP contribution in [0.5, 0.6) is 11.5 Å². The molecule has 7 nitrogen and oxygen atoms in total. The van der Waals surface area contributed by atoms with Crippen LogP contribution in [0.15, 0.2) is 18.2 Å². The van der Waals surface area contributed by atoms with Gasteiger partial charge in [0, 0.05) is 13.6 Å². The lowest BCUT2D eigenvalue weighted by atomic mass is 10.1. The Morgan fingerprint density at radius 2 is 1.96 bits per heavy atom. The number of nitrogens with two attached hydrogens (primary N) is 1. The first-order valence-electron chi connectivity index (χ1n) is 7.54. The summed E-state index contributed by atoms with van der Waals surface area (Å²) < 4.78 is 10.6. The molecule has 0 unspecified atom stereocenters. The number of nitrogens with zero attached hydrogens (tertiary/aromatic N) is 1. The standard InChI is InChI=1S/C16H23N3O4.ClH/c1-10(2)15(17)16(21)18-7-14(20)19(3)8-11-4-5-12-13(6-11)23-9-22-12;/h4-6,10,15H,7-9,17H2,1-3H3,(H,18,21);1H/t15-;/m0./s1. The molecule has 3 N–H and O–H groups in total. The quantitative estimate of drug-likeness (QED) is 0.788. The minimum absolute atomic E-state index is 0. The zero-order chi connectivity index (χ0) is 17.0. The molecular weight excluding hydrogens is 334 g/mol. The molecule has 1 heterocycles. The molecule has 1 aliphatic heterocycles. The number of amides is 2. The molecule has 0 radical (unpaired) electrons. The number of halogens is 1. The molecule has 2 rings (SSSR count). The van der Waals surface area contributed by atoms with E-state index in [0.717, 1.165) is 5.56 Å². The highest BCUT2D eigenvalue weighted by molar-refractivity contribution is 5.87. The fourth-order valence-electron chi connectivity index (χ4n) is 2.12. The van der Waals surface area contributed by atoms with Crippen molar-refractivity contribution in [3.05, 3.63) is 23.8 Å². The lowest BCUT2D eigenvalue weighted by Crippen LogP contribution is -2.47. The van der Waals surface area contributed by atoms with Crippen molar-refractivity contribution in [1.82, 2.24) is 10.2 Å². The number of carbonyl (C=O) groups excluding carboxylic acids is 2. The van der Waals surface area contributed by atoms with Crippen LogP contribution in [-0.2, 0) is 16.1 Å². The average molecular weight is 358 g/mol. The van der Waals surface area contributed by atoms with Gasteiger partial charge in [-0.15, -0.1) is 12.4 Å². The molecule has 24 heavy (non-hydrogen) atoms. The van der Waals surface area contributed by atoms with Gasteiger partial charge in [-0.25, -0.2) is 0 Å². The van der Waals surface area contributed by atoms with Gasteiger partial charge in [-0.2, -0.15) is 0 Å². The molecule has 1 aliphatic rings. The predicted molar refractivity (Wildman–Crippen MR) is 92.1 cm³/mol. The van der Waals surface area contributed by atoms with E-state index in [4.69, 9.17) is 15.2 Å². The molecule has 0 bridgehead atoms. The Bertz CT molecular complexity index is 595. The lowest BCUT2D eigenvalue weighted by Gasteiger charge is -2.19. The van der Waals surface area contributed by atoms with Crippen LogP contribution in [-0.4, -0.2) is 43.1 Å². The maximum Gasteiger partial charge on any atom is 0.242 e. The highest BCUT2D eigenvalue weighted by Crippen LogP contribution is 2.32. The normalized spacial score (nSPS) is 13.2. The molecule has 0 aromatic heterocycles. The van der Waals surface area contributed by atoms with Gasteiger partial charge in [0.1, 0.15) is 0 Å². The van der Waals surface area contributed by atoms with E-state index in [9.17, 15) is 9.59 Å². The fourth-order valence-corrected chi connectivity index (χ4v) is 2.12. The van der Waals surface area contributed by atoms with E-state index in [-0.39, 0.29) is 43.5 Å². The zero-order valence-corrected chi connectivity index (χ0v) is 14.9. The molecule has 0 fully saturated rings. The molecule has 0 spiro atoms. The van der Waals surface area contributed by atoms with E-state index in [1.807, 2.05) is 32.0 Å². The third-order valence-electron chi connectivity index (χ3n) is 3.72. The van der Waals surface area contributed by atoms with Crippen LogP contribution in [0.2, 0.25) is 0 Å². The summed E-state index contributed by atoms with van der Waals surface area (Å²) in [4.78, 5) is 25.4. The first kappa shape index (κ1) is 20.1. The van der Waals surface area contributed by atoms with Crippen molar-refractivity contribution in [2.45, 2.75) is 26.4 Å². The van der Waals surface area contributed by atoms with Crippen molar-refractivity contribution in [1.29, 1.82) is 0 Å². The first-order chi connectivity index (χ1) is 10.9. The van der Waals surface area contributed by atoms with Gasteiger partial charge in [0.2, 0.25) is 18.6 Å². The van der Waals surface area contributed by atoms with Gasteiger partial charge < -0.3 is 25.4 Å². The topological polar surface area (TPSA) is 93.9 Å². The van der Waals surface area contributed by atoms with Crippen molar-refractivity contribution in [3.63, 3.8) is 0 Å². The monoisotopic (exact) mass is 357 g/mol. The summed E-state index contributed by atoms with van der Waals surface area (Å²) in [5, 5.41) is 2.57. The molecule has 0 saturated carbocycles. The second kappa shape index (κ2) is 8.75. The molecule has 1 aromatic carbocycles. The number of rotatable bonds is 6. The number of benzene rings is 1. The molecule has 0 saturated heterocycles. The van der Waals surface area contributed by atoms with Crippen LogP contribution >= 0.6 is 12.4 Å². The van der Waals surface area contributed by atoms with E-state index in [2.05, 4.69) is 5.32 Å². The fraction of sp³-hybridized carbons (Fsp3) is 0.500. The molecule has 8 heteroatoms. The van der Waals surface area contributed by atoms with Gasteiger partial charge in [-0.05, 0) is 23.6 Å². The van der Waals surface area contributed by atoms with E-state index >= 15 is 0 Å². The summed E-state index contributed by atoms with van der Waals surface area (Å²) in [6.45, 7) is 4.28. The zero-order valence-electron chi connectivity index (χ0n) is 14.1. The summed E-state index contributed by atoms with van der Waals surface area (Å²) in [5.41, 5.74) is 6.66. The third-order valence-corrected chi connectivity index (χ3v) is 3.72. The average Bonchev–Trinajstić information content (AvgIpc) is 2.98. The summed E-state index contributed by atoms with van der Waals surface area (Å²) in [5.74, 6) is 0.908. The molecule has 2 amide bonds. The Morgan fingerprint density at radius 1 is 1.29 bits per heavy atom. The smallest absolute Gasteiger partial charge is 0.242 e. The number of hydrogen-bond acceptors (Lipinski definition) is 5. The summed E-state index contributed by atoms with van der Waals surface area (Å²) in [6.07, 6.45) is 0. The first-order valence-corrected chi connectivity index (χ1v) is 7.54. The SMILES string of the molecule is CC(C)[C@H](N)C(=O)NCC(=O)N(C)Cc1ccc2c(c1)OCO2.Cl. The molecule has 1 aromatic rings. The van der Waals surface area contributed by atoms with Gasteiger partial charge in [0.05, 0.1) is 12.6 Å². The van der Waals surface area contributed by atoms with Gasteiger partial charge in [0.25, 0.3) is 0 Å². The van der Waals surface area contributed by atoms with Crippen LogP contribution in [0.4, 0.5) is 0 Å². The van der Waals surface area contributed by atoms with Gasteiger partial charge in [-0.1, -0.05) is 19.9 Å². The number of nitrogens with one attached hydrogen (secondary N) is 1. The maximum absolute atomic E-state index is 12.1. The summed E-state index contributed by atoms with van der Waals surface area (Å²) in [7, 11) is 1.68. The van der Waals surface area contributed by atoms with Crippen LogP contribution < -0.4 is 20.5 Å². The van der Waals surface area contributed by atoms with Crippen LogP contribution in [0.1, 0.15) is 19.4 Å². The highest BCUT2D eigenvalue weighted by atomic mass is 35.5. The van der Waals surface area contributed by atoms with Crippen LogP contribution in [0.3, 0.4) is 0 Å². The Kier molecular flexibility index (Phi) is 7.31. The van der Waals surface area contributed by atoms with Crippen LogP contribution in [0, 0.1) is 5.92 Å². The van der Waals surface area contributed by atoms with Gasteiger partial charge in [-0.3, -0.25) is 9.59 Å². The summed E-state index contributed by atoms with van der Waals surface area (Å²) >= 11 is 0. The van der Waals surface area contributed by atoms with Crippen molar-refractivity contribution < 1.29 is 19.1 Å². The lowest BCUT2D eigenvalue weighted by molar-refractivity contribution is -0.132. The number of ether oxygens (including phenoxy) is 2. The van der Waals surface area contributed by atoms with Crippen molar-refractivity contribution in [2.75, 3.05) is 20.4 Å². The largest absolute Gasteiger partial charge is 0.454 e. The van der Waals surface area contributed by atoms with Crippen molar-refractivity contribution in [2.24, 2.45) is 11.7 Å². The minimum atomic E-state index is -0.609. The minimum Gasteiger partial charge on any atom is -0.454 e.